The normalized spacial score (nSPS) is 10.3. The fraction of sp³-hybridized carbons (Fsp3) is 1.00. The maximum absolute atomic E-state index is 2.22. The van der Waals surface area contributed by atoms with Crippen LogP contribution in [0.1, 0.15) is 6.42 Å². The molecule has 0 aromatic carbocycles. The van der Waals surface area contributed by atoms with Gasteiger partial charge in [0.1, 0.15) is 0 Å². The summed E-state index contributed by atoms with van der Waals surface area (Å²) < 4.78 is 0. The molecule has 2 heteroatoms. The van der Waals surface area contributed by atoms with Gasteiger partial charge in [-0.2, -0.15) is 0 Å². The second-order valence-electron chi connectivity index (χ2n) is 1.95. The van der Waals surface area contributed by atoms with E-state index < -0.39 is 0 Å². The summed E-state index contributed by atoms with van der Waals surface area (Å²) in [7, 11) is 4.23. The van der Waals surface area contributed by atoms with Crippen LogP contribution in [0.2, 0.25) is 5.21 Å². The maximum atomic E-state index is 2.22. The molecule has 7 heavy (non-hydrogen) atoms. The average Bonchev–Trinajstić information content (AvgIpc) is 1.61. The molecule has 0 bridgehead atoms. The molecule has 0 aromatic heterocycles. The summed E-state index contributed by atoms with van der Waals surface area (Å²) in [5, 5.41) is 1.37. The van der Waals surface area contributed by atoms with Crippen molar-refractivity contribution in [2.45, 2.75) is 11.6 Å². The Labute approximate surface area is 54.6 Å². The standard InChI is InChI=1S/C5H14AsN/c1-7(2)5-3-4-6/h3-6H2,1-2H3. The summed E-state index contributed by atoms with van der Waals surface area (Å²) in [6.07, 6.45) is 1.35. The van der Waals surface area contributed by atoms with Gasteiger partial charge in [0.05, 0.1) is 0 Å². The van der Waals surface area contributed by atoms with Gasteiger partial charge in [0.2, 0.25) is 0 Å². The fourth-order valence-corrected chi connectivity index (χ4v) is 0.791. The molecule has 1 atom stereocenters. The molecule has 44 valence electrons. The van der Waals surface area contributed by atoms with Crippen molar-refractivity contribution >= 4 is 16.9 Å². The average molecular weight is 163 g/mol. The Bertz CT molecular complexity index is 37.1. The van der Waals surface area contributed by atoms with Gasteiger partial charge in [-0.3, -0.25) is 0 Å². The van der Waals surface area contributed by atoms with Gasteiger partial charge in [-0.25, -0.2) is 0 Å². The Hall–Kier alpha value is 0.518. The summed E-state index contributed by atoms with van der Waals surface area (Å²) in [4.78, 5) is 2.22. The summed E-state index contributed by atoms with van der Waals surface area (Å²) in [6, 6.07) is 0. The summed E-state index contributed by atoms with van der Waals surface area (Å²) in [5.41, 5.74) is 0. The van der Waals surface area contributed by atoms with E-state index in [4.69, 9.17) is 0 Å². The fourth-order valence-electron chi connectivity index (χ4n) is 0.408. The van der Waals surface area contributed by atoms with Gasteiger partial charge in [-0.15, -0.1) is 0 Å². The Morgan fingerprint density at radius 1 is 1.43 bits per heavy atom. The van der Waals surface area contributed by atoms with E-state index in [9.17, 15) is 0 Å². The number of nitrogens with zero attached hydrogens (tertiary/aromatic N) is 1. The molecule has 0 aliphatic carbocycles. The predicted molar refractivity (Wildman–Crippen MR) is 36.5 cm³/mol. The monoisotopic (exact) mass is 163 g/mol. The molecule has 1 unspecified atom stereocenters. The third-order valence-electron chi connectivity index (χ3n) is 0.809. The number of rotatable bonds is 3. The Morgan fingerprint density at radius 2 is 2.00 bits per heavy atom. The first-order chi connectivity index (χ1) is 3.27. The third-order valence-corrected chi connectivity index (χ3v) is 1.67. The van der Waals surface area contributed by atoms with Crippen molar-refractivity contribution in [2.24, 2.45) is 0 Å². The Balaban J connectivity index is 2.68. The molecule has 0 amide bonds. The molecule has 0 heterocycles. The zero-order valence-corrected chi connectivity index (χ0v) is 7.57. The van der Waals surface area contributed by atoms with Gasteiger partial charge in [-0.05, 0) is 0 Å². The first-order valence-electron chi connectivity index (χ1n) is 2.62. The van der Waals surface area contributed by atoms with Crippen molar-refractivity contribution in [3.05, 3.63) is 0 Å². The molecular weight excluding hydrogens is 149 g/mol. The Kier molecular flexibility index (Phi) is 5.02. The van der Waals surface area contributed by atoms with Gasteiger partial charge in [0.15, 0.2) is 0 Å². The van der Waals surface area contributed by atoms with Crippen molar-refractivity contribution in [1.82, 2.24) is 4.90 Å². The van der Waals surface area contributed by atoms with Crippen LogP contribution in [-0.2, 0) is 0 Å². The van der Waals surface area contributed by atoms with Gasteiger partial charge < -0.3 is 0 Å². The molecule has 0 aliphatic rings. The van der Waals surface area contributed by atoms with Gasteiger partial charge >= 0.3 is 54.0 Å². The molecule has 1 nitrogen and oxygen atoms in total. The summed E-state index contributed by atoms with van der Waals surface area (Å²) in [5.74, 6) is 0. The van der Waals surface area contributed by atoms with Crippen LogP contribution in [0.25, 0.3) is 0 Å². The molecule has 0 saturated heterocycles. The van der Waals surface area contributed by atoms with E-state index in [-0.39, 0.29) is 0 Å². The SMILES string of the molecule is CN(C)CCC[AsH2]. The second kappa shape index (κ2) is 4.67. The van der Waals surface area contributed by atoms with Crippen molar-refractivity contribution < 1.29 is 0 Å². The quantitative estimate of drug-likeness (QED) is 0.529. The first kappa shape index (κ1) is 7.52. The van der Waals surface area contributed by atoms with Crippen molar-refractivity contribution in [3.8, 4) is 0 Å². The van der Waals surface area contributed by atoms with E-state index in [2.05, 4.69) is 19.0 Å². The minimum atomic E-state index is 1.25. The van der Waals surface area contributed by atoms with Crippen LogP contribution >= 0.6 is 0 Å². The van der Waals surface area contributed by atoms with Crippen LogP contribution < -0.4 is 0 Å². The molecule has 0 spiro atoms. The van der Waals surface area contributed by atoms with E-state index in [1.807, 2.05) is 16.9 Å². The molecule has 0 saturated carbocycles. The van der Waals surface area contributed by atoms with E-state index in [1.54, 1.807) is 0 Å². The predicted octanol–water partition coefficient (Wildman–Crippen LogP) is -0.0105. The number of hydrogen-bond donors (Lipinski definition) is 0. The van der Waals surface area contributed by atoms with Crippen LogP contribution in [0, 0.1) is 0 Å². The van der Waals surface area contributed by atoms with E-state index in [1.165, 1.54) is 18.2 Å². The van der Waals surface area contributed by atoms with Crippen LogP contribution in [0.15, 0.2) is 0 Å². The topological polar surface area (TPSA) is 3.24 Å². The van der Waals surface area contributed by atoms with Crippen molar-refractivity contribution in [2.75, 3.05) is 20.6 Å². The molecule has 0 aromatic rings. The molecular formula is C5H14AsN. The van der Waals surface area contributed by atoms with Gasteiger partial charge in [0, 0.05) is 0 Å². The molecule has 0 rings (SSSR count). The summed E-state index contributed by atoms with van der Waals surface area (Å²) >= 11 is 1.83. The van der Waals surface area contributed by atoms with E-state index in [0.29, 0.717) is 0 Å². The van der Waals surface area contributed by atoms with E-state index in [0.717, 1.165) is 0 Å². The van der Waals surface area contributed by atoms with Crippen LogP contribution in [0.3, 0.4) is 0 Å². The van der Waals surface area contributed by atoms with Crippen LogP contribution in [-0.4, -0.2) is 42.4 Å². The van der Waals surface area contributed by atoms with E-state index >= 15 is 0 Å². The molecule has 0 radical (unpaired) electrons. The van der Waals surface area contributed by atoms with Crippen molar-refractivity contribution in [3.63, 3.8) is 0 Å². The number of hydrogen-bond acceptors (Lipinski definition) is 1. The molecule has 0 aliphatic heterocycles. The van der Waals surface area contributed by atoms with Gasteiger partial charge in [0.25, 0.3) is 0 Å². The summed E-state index contributed by atoms with van der Waals surface area (Å²) in [6.45, 7) is 1.25. The van der Waals surface area contributed by atoms with Crippen LogP contribution in [0.4, 0.5) is 0 Å². The van der Waals surface area contributed by atoms with Gasteiger partial charge in [-0.1, -0.05) is 0 Å². The molecule has 0 fully saturated rings. The first-order valence-corrected chi connectivity index (χ1v) is 4.33. The third kappa shape index (κ3) is 6.52. The zero-order chi connectivity index (χ0) is 5.70. The minimum absolute atomic E-state index is 1.25. The van der Waals surface area contributed by atoms with Crippen molar-refractivity contribution in [1.29, 1.82) is 0 Å². The van der Waals surface area contributed by atoms with Crippen LogP contribution in [0.5, 0.6) is 0 Å². The molecule has 0 N–H and O–H groups in total. The second-order valence-corrected chi connectivity index (χ2v) is 3.16. The Morgan fingerprint density at radius 3 is 2.14 bits per heavy atom. The zero-order valence-electron chi connectivity index (χ0n) is 5.15.